The van der Waals surface area contributed by atoms with Crippen molar-refractivity contribution in [2.75, 3.05) is 13.1 Å². The zero-order valence-corrected chi connectivity index (χ0v) is 7.76. The Morgan fingerprint density at radius 1 is 1.67 bits per heavy atom. The van der Waals surface area contributed by atoms with Crippen LogP contribution in [0.3, 0.4) is 0 Å². The third kappa shape index (κ3) is 2.46. The van der Waals surface area contributed by atoms with E-state index in [4.69, 9.17) is 13.6 Å². The van der Waals surface area contributed by atoms with Gasteiger partial charge in [0.05, 0.1) is 5.57 Å². The van der Waals surface area contributed by atoms with E-state index in [0.29, 0.717) is 12.6 Å². The summed E-state index contributed by atoms with van der Waals surface area (Å²) in [5.41, 5.74) is 4.08. The lowest BCUT2D eigenvalue weighted by Crippen LogP contribution is -2.56. The zero-order valence-electron chi connectivity index (χ0n) is 7.76. The van der Waals surface area contributed by atoms with Crippen LogP contribution in [0.2, 0.25) is 0 Å². The lowest BCUT2D eigenvalue weighted by atomic mass is 9.75. The van der Waals surface area contributed by atoms with Crippen molar-refractivity contribution in [3.8, 4) is 0 Å². The Labute approximate surface area is 74.7 Å². The van der Waals surface area contributed by atoms with Crippen LogP contribution in [0.5, 0.6) is 0 Å². The van der Waals surface area contributed by atoms with E-state index in [9.17, 15) is 4.39 Å². The van der Waals surface area contributed by atoms with Crippen molar-refractivity contribution < 1.29 is 4.39 Å². The molecule has 0 amide bonds. The third-order valence-corrected chi connectivity index (χ3v) is 2.27. The molecule has 1 unspecified atom stereocenters. The van der Waals surface area contributed by atoms with Crippen molar-refractivity contribution in [1.82, 2.24) is 4.90 Å². The molecule has 12 heavy (non-hydrogen) atoms. The molecular weight excluding hydrogens is 154 g/mol. The van der Waals surface area contributed by atoms with Gasteiger partial charge in [-0.15, -0.1) is 0 Å². The number of hydrogen-bond donors (Lipinski definition) is 1. The second kappa shape index (κ2) is 3.34. The van der Waals surface area contributed by atoms with Crippen LogP contribution in [0.1, 0.15) is 20.3 Å². The largest absolute Gasteiger partial charge is 0.326 e. The molecule has 1 aliphatic heterocycles. The minimum absolute atomic E-state index is 0.129. The molecule has 2 N–H and O–H groups in total. The van der Waals surface area contributed by atoms with Crippen molar-refractivity contribution >= 4 is 7.85 Å². The first-order valence-corrected chi connectivity index (χ1v) is 4.38. The van der Waals surface area contributed by atoms with Gasteiger partial charge in [0.25, 0.3) is 0 Å². The third-order valence-electron chi connectivity index (χ3n) is 2.27. The molecule has 2 nitrogen and oxygen atoms in total. The fraction of sp³-hybridized carbons (Fsp3) is 1.00. The van der Waals surface area contributed by atoms with Crippen LogP contribution >= 0.6 is 0 Å². The highest BCUT2D eigenvalue weighted by molar-refractivity contribution is 6.14. The quantitative estimate of drug-likeness (QED) is 0.572. The highest BCUT2D eigenvalue weighted by atomic mass is 19.1. The van der Waals surface area contributed by atoms with E-state index in [-0.39, 0.29) is 12.5 Å². The van der Waals surface area contributed by atoms with Crippen molar-refractivity contribution in [2.24, 2.45) is 5.73 Å². The van der Waals surface area contributed by atoms with Gasteiger partial charge in [-0.25, -0.2) is 0 Å². The number of piperidine rings is 1. The number of halogens is 1. The monoisotopic (exact) mass is 170 g/mol. The van der Waals surface area contributed by atoms with E-state index in [0.717, 1.165) is 6.54 Å². The fourth-order valence-electron chi connectivity index (χ4n) is 1.66. The van der Waals surface area contributed by atoms with E-state index in [1.807, 2.05) is 18.7 Å². The number of rotatable bonds is 1. The van der Waals surface area contributed by atoms with E-state index in [1.54, 1.807) is 0 Å². The minimum atomic E-state index is -1.60. The second-order valence-electron chi connectivity index (χ2n) is 4.02. The summed E-state index contributed by atoms with van der Waals surface area (Å²) >= 11 is 0. The molecule has 0 aromatic carbocycles. The first-order chi connectivity index (χ1) is 5.41. The highest BCUT2D eigenvalue weighted by Crippen LogP contribution is 2.22. The molecule has 2 radical (unpaired) electrons. The number of nitrogens with zero attached hydrogens (tertiary/aromatic N) is 1. The van der Waals surface area contributed by atoms with Gasteiger partial charge in [-0.2, -0.15) is 0 Å². The van der Waals surface area contributed by atoms with E-state index < -0.39 is 5.57 Å². The summed E-state index contributed by atoms with van der Waals surface area (Å²) < 4.78 is 13.4. The summed E-state index contributed by atoms with van der Waals surface area (Å²) in [5, 5.41) is 0. The topological polar surface area (TPSA) is 29.3 Å². The summed E-state index contributed by atoms with van der Waals surface area (Å²) in [6, 6.07) is 0.186. The molecule has 0 spiro atoms. The predicted molar refractivity (Wildman–Crippen MR) is 48.9 cm³/mol. The van der Waals surface area contributed by atoms with Gasteiger partial charge in [0.2, 0.25) is 0 Å². The van der Waals surface area contributed by atoms with Crippen LogP contribution in [0.4, 0.5) is 4.39 Å². The summed E-state index contributed by atoms with van der Waals surface area (Å²) in [6.45, 7) is 5.10. The Hall–Kier alpha value is -0.0851. The Bertz CT molecular complexity index is 161. The van der Waals surface area contributed by atoms with Crippen LogP contribution < -0.4 is 5.73 Å². The average molecular weight is 170 g/mol. The van der Waals surface area contributed by atoms with E-state index >= 15 is 0 Å². The molecule has 0 bridgehead atoms. The standard InChI is InChI=1S/C8H16BFN2/c1-6(2)12-4-7(11)3-8(9,10)5-12/h6-7H,3-5,11H2,1-2H3/t7-,8?/m1/s1. The van der Waals surface area contributed by atoms with E-state index in [2.05, 4.69) is 0 Å². The Morgan fingerprint density at radius 2 is 2.25 bits per heavy atom. The van der Waals surface area contributed by atoms with Crippen LogP contribution in [0, 0.1) is 0 Å². The molecular formula is C8H16BFN2. The zero-order chi connectivity index (χ0) is 9.35. The molecule has 2 atom stereocenters. The molecule has 0 aliphatic carbocycles. The van der Waals surface area contributed by atoms with Crippen LogP contribution in [0.15, 0.2) is 0 Å². The normalized spacial score (nSPS) is 38.9. The molecule has 4 heteroatoms. The highest BCUT2D eigenvalue weighted by Gasteiger charge is 2.34. The van der Waals surface area contributed by atoms with Crippen LogP contribution in [0.25, 0.3) is 0 Å². The SMILES string of the molecule is [B]C1(F)C[C@@H](N)CN(C(C)C)C1. The first kappa shape index (κ1) is 10.00. The molecule has 1 fully saturated rings. The van der Waals surface area contributed by atoms with Gasteiger partial charge in [-0.05, 0) is 20.3 Å². The Balaban J connectivity index is 2.58. The molecule has 1 heterocycles. The summed E-state index contributed by atoms with van der Waals surface area (Å²) in [4.78, 5) is 1.98. The van der Waals surface area contributed by atoms with Crippen molar-refractivity contribution in [1.29, 1.82) is 0 Å². The lowest BCUT2D eigenvalue weighted by molar-refractivity contribution is 0.0736. The number of likely N-dealkylation sites (tertiary alicyclic amines) is 1. The molecule has 1 saturated heterocycles. The van der Waals surface area contributed by atoms with Gasteiger partial charge >= 0.3 is 0 Å². The number of hydrogen-bond acceptors (Lipinski definition) is 2. The maximum atomic E-state index is 13.4. The molecule has 0 aromatic rings. The summed E-state index contributed by atoms with van der Waals surface area (Å²) in [5.74, 6) is 0. The minimum Gasteiger partial charge on any atom is -0.326 e. The maximum absolute atomic E-state index is 13.4. The Morgan fingerprint density at radius 3 is 2.67 bits per heavy atom. The van der Waals surface area contributed by atoms with Gasteiger partial charge in [0.1, 0.15) is 7.85 Å². The van der Waals surface area contributed by atoms with Crippen LogP contribution in [-0.4, -0.2) is 43.5 Å². The predicted octanol–water partition coefficient (Wildman–Crippen LogP) is 0.262. The van der Waals surface area contributed by atoms with Gasteiger partial charge in [-0.1, -0.05) is 0 Å². The van der Waals surface area contributed by atoms with Crippen LogP contribution in [-0.2, 0) is 0 Å². The molecule has 0 aromatic heterocycles. The number of nitrogens with two attached hydrogens (primary N) is 1. The van der Waals surface area contributed by atoms with Gasteiger partial charge in [0.15, 0.2) is 0 Å². The van der Waals surface area contributed by atoms with Gasteiger partial charge < -0.3 is 5.73 Å². The van der Waals surface area contributed by atoms with Crippen molar-refractivity contribution in [2.45, 2.75) is 37.9 Å². The summed E-state index contributed by atoms with van der Waals surface area (Å²) in [7, 11) is 5.41. The molecule has 0 saturated carbocycles. The Kier molecular flexibility index (Phi) is 2.79. The second-order valence-corrected chi connectivity index (χ2v) is 4.02. The average Bonchev–Trinajstić information content (AvgIpc) is 1.82. The van der Waals surface area contributed by atoms with E-state index in [1.165, 1.54) is 0 Å². The first-order valence-electron chi connectivity index (χ1n) is 4.38. The molecule has 68 valence electrons. The van der Waals surface area contributed by atoms with Crippen molar-refractivity contribution in [3.05, 3.63) is 0 Å². The summed E-state index contributed by atoms with van der Waals surface area (Å²) in [6.07, 6.45) is 0.274. The number of alkyl halides is 1. The van der Waals surface area contributed by atoms with Gasteiger partial charge in [-0.3, -0.25) is 9.29 Å². The van der Waals surface area contributed by atoms with Gasteiger partial charge in [0, 0.05) is 25.2 Å². The lowest BCUT2D eigenvalue weighted by Gasteiger charge is -2.41. The van der Waals surface area contributed by atoms with Crippen molar-refractivity contribution in [3.63, 3.8) is 0 Å². The fourth-order valence-corrected chi connectivity index (χ4v) is 1.66. The molecule has 1 rings (SSSR count). The molecule has 1 aliphatic rings. The smallest absolute Gasteiger partial charge is 0.123 e. The maximum Gasteiger partial charge on any atom is 0.123 e.